The van der Waals surface area contributed by atoms with Crippen LogP contribution in [0.5, 0.6) is 0 Å². The van der Waals surface area contributed by atoms with Gasteiger partial charge < -0.3 is 15.8 Å². The lowest BCUT2D eigenvalue weighted by atomic mass is 10.3. The molecule has 1 aromatic rings. The van der Waals surface area contributed by atoms with Crippen molar-refractivity contribution in [2.24, 2.45) is 0 Å². The molecule has 0 radical (unpaired) electrons. The summed E-state index contributed by atoms with van der Waals surface area (Å²) in [6.07, 6.45) is 1.62. The van der Waals surface area contributed by atoms with E-state index in [4.69, 9.17) is 5.73 Å². The van der Waals surface area contributed by atoms with Crippen LogP contribution in [0.2, 0.25) is 0 Å². The number of nitrogens with two attached hydrogens (primary N) is 1. The van der Waals surface area contributed by atoms with Gasteiger partial charge in [-0.25, -0.2) is 13.2 Å². The number of rotatable bonds is 6. The number of carbonyl (C=O) groups is 1. The summed E-state index contributed by atoms with van der Waals surface area (Å²) < 4.78 is 30.3. The predicted molar refractivity (Wildman–Crippen MR) is 70.7 cm³/mol. The topological polar surface area (TPSA) is 111 Å². The van der Waals surface area contributed by atoms with E-state index in [1.54, 1.807) is 0 Å². The van der Waals surface area contributed by atoms with Crippen LogP contribution in [0.15, 0.2) is 0 Å². The lowest BCUT2D eigenvalue weighted by Gasteiger charge is -2.05. The van der Waals surface area contributed by atoms with Crippen molar-refractivity contribution in [1.29, 1.82) is 0 Å². The van der Waals surface area contributed by atoms with Crippen LogP contribution in [0, 0.1) is 0 Å². The van der Waals surface area contributed by atoms with E-state index in [0.29, 0.717) is 18.0 Å². The van der Waals surface area contributed by atoms with Gasteiger partial charge in [0.15, 0.2) is 5.82 Å². The highest BCUT2D eigenvalue weighted by Crippen LogP contribution is 2.27. The Kier molecular flexibility index (Phi) is 4.91. The molecule has 0 aliphatic carbocycles. The molecule has 0 aromatic carbocycles. The largest absolute Gasteiger partial charge is 0.465 e. The summed E-state index contributed by atoms with van der Waals surface area (Å²) in [5.74, 6) is -0.369. The molecule has 0 aliphatic rings. The zero-order valence-electron chi connectivity index (χ0n) is 10.1. The van der Waals surface area contributed by atoms with E-state index in [9.17, 15) is 13.2 Å². The average molecular weight is 293 g/mol. The first kappa shape index (κ1) is 14.7. The number of nitrogens with one attached hydrogen (secondary N) is 1. The minimum Gasteiger partial charge on any atom is -0.465 e. The van der Waals surface area contributed by atoms with Gasteiger partial charge in [-0.1, -0.05) is 0 Å². The van der Waals surface area contributed by atoms with Crippen molar-refractivity contribution in [3.63, 3.8) is 0 Å². The molecule has 9 heteroatoms. The van der Waals surface area contributed by atoms with Crippen LogP contribution in [-0.2, 0) is 14.6 Å². The second kappa shape index (κ2) is 6.01. The van der Waals surface area contributed by atoms with Crippen LogP contribution in [0.4, 0.5) is 10.8 Å². The summed E-state index contributed by atoms with van der Waals surface area (Å²) in [4.78, 5) is 11.4. The summed E-state index contributed by atoms with van der Waals surface area (Å²) >= 11 is 1.04. The molecule has 0 bridgehead atoms. The fraction of sp³-hybridized carbons (Fsp3) is 0.556. The van der Waals surface area contributed by atoms with E-state index in [1.807, 2.05) is 0 Å². The maximum absolute atomic E-state index is 11.4. The monoisotopic (exact) mass is 293 g/mol. The van der Waals surface area contributed by atoms with Crippen LogP contribution in [0.1, 0.15) is 16.8 Å². The Labute approximate surface area is 109 Å². The highest BCUT2D eigenvalue weighted by atomic mass is 32.2. The van der Waals surface area contributed by atoms with Gasteiger partial charge in [0.2, 0.25) is 0 Å². The number of carbonyl (C=O) groups excluding carboxylic acids is 1. The summed E-state index contributed by atoms with van der Waals surface area (Å²) in [6.45, 7) is 0.415. The quantitative estimate of drug-likeness (QED) is 0.575. The minimum absolute atomic E-state index is 0.0852. The zero-order valence-corrected chi connectivity index (χ0v) is 11.7. The van der Waals surface area contributed by atoms with Crippen molar-refractivity contribution in [3.05, 3.63) is 5.56 Å². The van der Waals surface area contributed by atoms with Gasteiger partial charge in [-0.05, 0) is 18.0 Å². The summed E-state index contributed by atoms with van der Waals surface area (Å²) in [5, 5.41) is 3.43. The Balaban J connectivity index is 2.60. The number of ether oxygens (including phenoxy) is 1. The Bertz CT molecular complexity index is 524. The van der Waals surface area contributed by atoms with Crippen LogP contribution >= 0.6 is 11.5 Å². The first-order valence-corrected chi connectivity index (χ1v) is 7.93. The summed E-state index contributed by atoms with van der Waals surface area (Å²) in [7, 11) is -1.72. The predicted octanol–water partition coefficient (Wildman–Crippen LogP) is 0.359. The maximum Gasteiger partial charge on any atom is 0.344 e. The first-order valence-electron chi connectivity index (χ1n) is 5.10. The molecule has 7 nitrogen and oxygen atoms in total. The molecule has 0 fully saturated rings. The summed E-state index contributed by atoms with van der Waals surface area (Å²) in [5.41, 5.74) is 5.75. The smallest absolute Gasteiger partial charge is 0.344 e. The van der Waals surface area contributed by atoms with Crippen LogP contribution in [-0.4, -0.2) is 44.4 Å². The molecule has 1 aromatic heterocycles. The van der Waals surface area contributed by atoms with Gasteiger partial charge in [0, 0.05) is 12.8 Å². The Morgan fingerprint density at radius 1 is 1.56 bits per heavy atom. The number of methoxy groups -OCH3 is 1. The van der Waals surface area contributed by atoms with Gasteiger partial charge in [-0.3, -0.25) is 0 Å². The van der Waals surface area contributed by atoms with Gasteiger partial charge in [0.05, 0.1) is 12.9 Å². The van der Waals surface area contributed by atoms with E-state index in [1.165, 1.54) is 13.4 Å². The normalized spacial score (nSPS) is 11.2. The van der Waals surface area contributed by atoms with Crippen molar-refractivity contribution in [3.8, 4) is 0 Å². The van der Waals surface area contributed by atoms with Crippen molar-refractivity contribution in [2.75, 3.05) is 36.7 Å². The van der Waals surface area contributed by atoms with E-state index >= 15 is 0 Å². The number of sulfone groups is 1. The van der Waals surface area contributed by atoms with E-state index < -0.39 is 15.8 Å². The summed E-state index contributed by atoms with van der Waals surface area (Å²) in [6, 6.07) is 0. The molecule has 1 heterocycles. The molecule has 0 spiro atoms. The van der Waals surface area contributed by atoms with Crippen LogP contribution in [0.3, 0.4) is 0 Å². The molecule has 0 unspecified atom stereocenters. The number of hydrogen-bond acceptors (Lipinski definition) is 8. The van der Waals surface area contributed by atoms with Crippen LogP contribution in [0.25, 0.3) is 0 Å². The first-order chi connectivity index (χ1) is 8.35. The molecule has 1 rings (SSSR count). The highest BCUT2D eigenvalue weighted by molar-refractivity contribution is 7.90. The second-order valence-corrected chi connectivity index (χ2v) is 6.71. The fourth-order valence-electron chi connectivity index (χ4n) is 1.26. The standard InChI is InChI=1S/C9H15N3O4S2/c1-16-9(13)6-7(10)12-17-8(6)11-4-3-5-18(2,14)15/h11H,3-5H2,1-2H3,(H2,10,12). The Morgan fingerprint density at radius 2 is 2.22 bits per heavy atom. The van der Waals surface area contributed by atoms with Gasteiger partial charge >= 0.3 is 5.97 Å². The third-order valence-electron chi connectivity index (χ3n) is 2.09. The molecule has 0 saturated heterocycles. The second-order valence-electron chi connectivity index (χ2n) is 3.67. The van der Waals surface area contributed by atoms with Gasteiger partial charge in [0.25, 0.3) is 0 Å². The lowest BCUT2D eigenvalue weighted by Crippen LogP contribution is -2.12. The van der Waals surface area contributed by atoms with E-state index in [-0.39, 0.29) is 17.1 Å². The number of esters is 1. The molecule has 18 heavy (non-hydrogen) atoms. The minimum atomic E-state index is -2.97. The Morgan fingerprint density at radius 3 is 2.78 bits per heavy atom. The molecule has 0 amide bonds. The molecular formula is C9H15N3O4S2. The van der Waals surface area contributed by atoms with Crippen LogP contribution < -0.4 is 11.1 Å². The lowest BCUT2D eigenvalue weighted by molar-refractivity contribution is 0.0603. The fourth-order valence-corrected chi connectivity index (χ4v) is 2.65. The molecule has 0 saturated carbocycles. The SMILES string of the molecule is COC(=O)c1c(N)nsc1NCCCS(C)(=O)=O. The van der Waals surface area contributed by atoms with Crippen molar-refractivity contribution in [2.45, 2.75) is 6.42 Å². The molecule has 0 atom stereocenters. The van der Waals surface area contributed by atoms with Gasteiger partial charge in [0.1, 0.15) is 20.4 Å². The van der Waals surface area contributed by atoms with E-state index in [0.717, 1.165) is 11.5 Å². The number of nitrogens with zero attached hydrogens (tertiary/aromatic N) is 1. The molecule has 3 N–H and O–H groups in total. The number of anilines is 2. The third-order valence-corrected chi connectivity index (χ3v) is 3.93. The average Bonchev–Trinajstić information content (AvgIpc) is 2.64. The third kappa shape index (κ3) is 4.15. The molecule has 102 valence electrons. The van der Waals surface area contributed by atoms with E-state index in [2.05, 4.69) is 14.4 Å². The zero-order chi connectivity index (χ0) is 13.8. The van der Waals surface area contributed by atoms with Gasteiger partial charge in [-0.15, -0.1) is 0 Å². The molecular weight excluding hydrogens is 278 g/mol. The number of hydrogen-bond donors (Lipinski definition) is 2. The van der Waals surface area contributed by atoms with Crippen molar-refractivity contribution in [1.82, 2.24) is 4.37 Å². The van der Waals surface area contributed by atoms with Crippen molar-refractivity contribution >= 4 is 38.2 Å². The van der Waals surface area contributed by atoms with Crippen molar-refractivity contribution < 1.29 is 17.9 Å². The highest BCUT2D eigenvalue weighted by Gasteiger charge is 2.19. The number of nitrogen functional groups attached to an aromatic ring is 1. The molecule has 0 aliphatic heterocycles. The Hall–Kier alpha value is -1.35. The maximum atomic E-state index is 11.4. The van der Waals surface area contributed by atoms with Gasteiger partial charge in [-0.2, -0.15) is 4.37 Å². The number of aromatic nitrogens is 1.